The van der Waals surface area contributed by atoms with Crippen molar-refractivity contribution in [1.82, 2.24) is 10.2 Å². The van der Waals surface area contributed by atoms with E-state index in [4.69, 9.17) is 9.84 Å². The number of methoxy groups -OCH3 is 1. The number of ether oxygens (including phenoxy) is 1. The Balaban J connectivity index is 2.44. The molecule has 2 N–H and O–H groups in total. The number of urea groups is 1. The van der Waals surface area contributed by atoms with Gasteiger partial charge in [-0.1, -0.05) is 13.8 Å². The van der Waals surface area contributed by atoms with Crippen molar-refractivity contribution in [3.05, 3.63) is 0 Å². The Bertz CT molecular complexity index is 343. The maximum Gasteiger partial charge on any atom is 0.317 e. The molecule has 0 radical (unpaired) electrons. The van der Waals surface area contributed by atoms with Gasteiger partial charge in [-0.15, -0.1) is 0 Å². The van der Waals surface area contributed by atoms with E-state index >= 15 is 0 Å². The lowest BCUT2D eigenvalue weighted by molar-refractivity contribution is -0.138. The fourth-order valence-corrected chi connectivity index (χ4v) is 2.51. The molecule has 122 valence electrons. The monoisotopic (exact) mass is 300 g/mol. The van der Waals surface area contributed by atoms with E-state index in [-0.39, 0.29) is 18.4 Å². The molecule has 21 heavy (non-hydrogen) atoms. The highest BCUT2D eigenvalue weighted by molar-refractivity contribution is 5.75. The maximum atomic E-state index is 12.2. The van der Waals surface area contributed by atoms with Gasteiger partial charge in [0.2, 0.25) is 0 Å². The number of carboxylic acid groups (broad SMARTS) is 1. The Hall–Kier alpha value is -1.30. The van der Waals surface area contributed by atoms with Crippen molar-refractivity contribution in [3.8, 4) is 0 Å². The number of carbonyl (C=O) groups is 2. The van der Waals surface area contributed by atoms with Crippen molar-refractivity contribution in [3.63, 3.8) is 0 Å². The third-order valence-corrected chi connectivity index (χ3v) is 3.59. The number of nitrogens with one attached hydrogen (secondary N) is 1. The fourth-order valence-electron chi connectivity index (χ4n) is 2.51. The highest BCUT2D eigenvalue weighted by Crippen LogP contribution is 2.26. The summed E-state index contributed by atoms with van der Waals surface area (Å²) in [6.07, 6.45) is 2.98. The van der Waals surface area contributed by atoms with Crippen LogP contribution in [0.1, 0.15) is 39.5 Å². The number of hydrogen-bond donors (Lipinski definition) is 2. The Labute approximate surface area is 126 Å². The minimum absolute atomic E-state index is 0.0186. The second kappa shape index (κ2) is 8.87. The van der Waals surface area contributed by atoms with E-state index in [2.05, 4.69) is 19.2 Å². The number of aliphatic carboxylic acids is 1. The third kappa shape index (κ3) is 7.32. The number of carbonyl (C=O) groups excluding carboxylic acids is 1. The van der Waals surface area contributed by atoms with Gasteiger partial charge in [0, 0.05) is 32.7 Å². The van der Waals surface area contributed by atoms with Crippen molar-refractivity contribution in [2.45, 2.75) is 45.6 Å². The molecule has 1 fully saturated rings. The zero-order chi connectivity index (χ0) is 15.8. The highest BCUT2D eigenvalue weighted by atomic mass is 16.5. The van der Waals surface area contributed by atoms with Crippen molar-refractivity contribution in [2.24, 2.45) is 11.8 Å². The minimum Gasteiger partial charge on any atom is -0.481 e. The molecule has 6 nitrogen and oxygen atoms in total. The summed E-state index contributed by atoms with van der Waals surface area (Å²) in [4.78, 5) is 24.9. The molecule has 1 aliphatic rings. The van der Waals surface area contributed by atoms with Gasteiger partial charge in [-0.2, -0.15) is 0 Å². The molecule has 0 aromatic heterocycles. The molecule has 0 spiro atoms. The fraction of sp³-hybridized carbons (Fsp3) is 0.867. The second-order valence-corrected chi connectivity index (χ2v) is 6.20. The van der Waals surface area contributed by atoms with Crippen LogP contribution in [0.3, 0.4) is 0 Å². The van der Waals surface area contributed by atoms with Gasteiger partial charge in [0.1, 0.15) is 0 Å². The normalized spacial score (nSPS) is 15.8. The Morgan fingerprint density at radius 3 is 2.52 bits per heavy atom. The second-order valence-electron chi connectivity index (χ2n) is 6.20. The van der Waals surface area contributed by atoms with Gasteiger partial charge in [-0.25, -0.2) is 4.79 Å². The summed E-state index contributed by atoms with van der Waals surface area (Å²) < 4.78 is 5.03. The van der Waals surface area contributed by atoms with Crippen LogP contribution < -0.4 is 5.32 Å². The van der Waals surface area contributed by atoms with Crippen molar-refractivity contribution in [1.29, 1.82) is 0 Å². The minimum atomic E-state index is -0.812. The topological polar surface area (TPSA) is 78.9 Å². The van der Waals surface area contributed by atoms with Crippen LogP contribution in [0.25, 0.3) is 0 Å². The molecule has 1 atom stereocenters. The predicted octanol–water partition coefficient (Wildman–Crippen LogP) is 1.94. The van der Waals surface area contributed by atoms with Crippen LogP contribution in [-0.4, -0.2) is 54.9 Å². The summed E-state index contributed by atoms with van der Waals surface area (Å²) in [5.74, 6) is -0.414. The first-order valence-corrected chi connectivity index (χ1v) is 7.69. The summed E-state index contributed by atoms with van der Waals surface area (Å²) in [6.45, 7) is 5.65. The molecule has 0 aliphatic heterocycles. The average molecular weight is 300 g/mol. The summed E-state index contributed by atoms with van der Waals surface area (Å²) >= 11 is 0. The van der Waals surface area contributed by atoms with Crippen LogP contribution in [-0.2, 0) is 9.53 Å². The molecular weight excluding hydrogens is 272 g/mol. The largest absolute Gasteiger partial charge is 0.481 e. The molecule has 1 aliphatic carbocycles. The lowest BCUT2D eigenvalue weighted by Gasteiger charge is -2.24. The van der Waals surface area contributed by atoms with Gasteiger partial charge in [0.25, 0.3) is 0 Å². The molecule has 0 bridgehead atoms. The van der Waals surface area contributed by atoms with Crippen LogP contribution >= 0.6 is 0 Å². The summed E-state index contributed by atoms with van der Waals surface area (Å²) in [5.41, 5.74) is 0. The smallest absolute Gasteiger partial charge is 0.317 e. The summed E-state index contributed by atoms with van der Waals surface area (Å²) in [5, 5.41) is 11.8. The Morgan fingerprint density at radius 2 is 2.05 bits per heavy atom. The number of amides is 2. The van der Waals surface area contributed by atoms with Crippen LogP contribution in [0, 0.1) is 11.8 Å². The third-order valence-electron chi connectivity index (χ3n) is 3.59. The molecule has 6 heteroatoms. The molecule has 0 saturated heterocycles. The first kappa shape index (κ1) is 17.8. The quantitative estimate of drug-likeness (QED) is 0.646. The molecule has 1 rings (SSSR count). The van der Waals surface area contributed by atoms with E-state index < -0.39 is 5.97 Å². The Kier molecular flexibility index (Phi) is 7.50. The molecule has 1 unspecified atom stereocenters. The van der Waals surface area contributed by atoms with Crippen molar-refractivity contribution < 1.29 is 19.4 Å². The van der Waals surface area contributed by atoms with E-state index in [1.54, 1.807) is 12.0 Å². The van der Waals surface area contributed by atoms with Crippen molar-refractivity contribution in [2.75, 3.05) is 26.8 Å². The van der Waals surface area contributed by atoms with Gasteiger partial charge in [-0.05, 0) is 31.1 Å². The van der Waals surface area contributed by atoms with Gasteiger partial charge < -0.3 is 20.1 Å². The van der Waals surface area contributed by atoms with Gasteiger partial charge in [-0.3, -0.25) is 4.79 Å². The maximum absolute atomic E-state index is 12.2. The average Bonchev–Trinajstić information content (AvgIpc) is 3.19. The first-order valence-electron chi connectivity index (χ1n) is 7.69. The van der Waals surface area contributed by atoms with Crippen LogP contribution in [0.15, 0.2) is 0 Å². The van der Waals surface area contributed by atoms with Crippen molar-refractivity contribution >= 4 is 12.0 Å². The van der Waals surface area contributed by atoms with Crippen LogP contribution in [0.2, 0.25) is 0 Å². The van der Waals surface area contributed by atoms with Crippen LogP contribution in [0.4, 0.5) is 4.79 Å². The number of hydrogen-bond acceptors (Lipinski definition) is 3. The number of rotatable bonds is 10. The summed E-state index contributed by atoms with van der Waals surface area (Å²) in [7, 11) is 1.62. The van der Waals surface area contributed by atoms with E-state index in [0.29, 0.717) is 31.7 Å². The first-order chi connectivity index (χ1) is 9.93. The van der Waals surface area contributed by atoms with Gasteiger partial charge in [0.05, 0.1) is 6.61 Å². The number of nitrogens with zero attached hydrogens (tertiary/aromatic N) is 1. The van der Waals surface area contributed by atoms with Gasteiger partial charge >= 0.3 is 12.0 Å². The van der Waals surface area contributed by atoms with E-state index in [0.717, 1.165) is 19.3 Å². The SMILES string of the molecule is COCCN(C(=O)NCC(CC(=O)O)CC(C)C)C1CC1. The zero-order valence-electron chi connectivity index (χ0n) is 13.3. The molecule has 0 aromatic rings. The lowest BCUT2D eigenvalue weighted by atomic mass is 9.94. The molecule has 1 saturated carbocycles. The summed E-state index contributed by atoms with van der Waals surface area (Å²) in [6, 6.07) is 0.219. The number of carboxylic acids is 1. The van der Waals surface area contributed by atoms with Gasteiger partial charge in [0.15, 0.2) is 0 Å². The molecule has 0 aromatic carbocycles. The van der Waals surface area contributed by atoms with E-state index in [1.165, 1.54) is 0 Å². The molecule has 0 heterocycles. The standard InChI is InChI=1S/C15H28N2O4/c1-11(2)8-12(9-14(18)19)10-16-15(20)17(6-7-21-3)13-4-5-13/h11-13H,4-10H2,1-3H3,(H,16,20)(H,18,19). The zero-order valence-corrected chi connectivity index (χ0v) is 13.3. The Morgan fingerprint density at radius 1 is 1.38 bits per heavy atom. The predicted molar refractivity (Wildman–Crippen MR) is 80.2 cm³/mol. The van der Waals surface area contributed by atoms with E-state index in [9.17, 15) is 9.59 Å². The molecular formula is C15H28N2O4. The van der Waals surface area contributed by atoms with Crippen LogP contribution in [0.5, 0.6) is 0 Å². The van der Waals surface area contributed by atoms with E-state index in [1.807, 2.05) is 0 Å². The molecule has 2 amide bonds. The highest BCUT2D eigenvalue weighted by Gasteiger charge is 2.32. The lowest BCUT2D eigenvalue weighted by Crippen LogP contribution is -2.44.